The normalized spacial score (nSPS) is 10.3. The number of nitrogens with zero attached hydrogens (tertiary/aromatic N) is 1. The number of hydrogen-bond acceptors (Lipinski definition) is 3. The van der Waals surface area contributed by atoms with Crippen molar-refractivity contribution in [3.05, 3.63) is 58.9 Å². The maximum absolute atomic E-state index is 12.0. The predicted octanol–water partition coefficient (Wildman–Crippen LogP) is 2.37. The Morgan fingerprint density at radius 1 is 1.20 bits per heavy atom. The van der Waals surface area contributed by atoms with E-state index in [9.17, 15) is 4.79 Å². The van der Waals surface area contributed by atoms with Crippen molar-refractivity contribution in [1.82, 2.24) is 4.98 Å². The van der Waals surface area contributed by atoms with Crippen LogP contribution in [0.1, 0.15) is 22.4 Å². The fourth-order valence-corrected chi connectivity index (χ4v) is 1.88. The first-order valence-electron chi connectivity index (χ1n) is 6.50. The minimum Gasteiger partial charge on any atom is -0.392 e. The summed E-state index contributed by atoms with van der Waals surface area (Å²) in [6.45, 7) is 3.79. The lowest BCUT2D eigenvalue weighted by Gasteiger charge is -2.10. The Morgan fingerprint density at radius 3 is 2.60 bits per heavy atom. The summed E-state index contributed by atoms with van der Waals surface area (Å²) in [5, 5.41) is 12.0. The van der Waals surface area contributed by atoms with Crippen molar-refractivity contribution in [1.29, 1.82) is 0 Å². The number of hydrogen-bond donors (Lipinski definition) is 2. The zero-order valence-electron chi connectivity index (χ0n) is 11.7. The molecule has 1 aromatic heterocycles. The minimum atomic E-state index is -0.0890. The molecule has 0 bridgehead atoms. The molecule has 104 valence electrons. The summed E-state index contributed by atoms with van der Waals surface area (Å²) in [6, 6.07) is 9.31. The molecule has 20 heavy (non-hydrogen) atoms. The van der Waals surface area contributed by atoms with E-state index in [-0.39, 0.29) is 18.9 Å². The number of anilines is 1. The number of aromatic nitrogens is 1. The number of nitrogens with one attached hydrogen (secondary N) is 1. The third-order valence-corrected chi connectivity index (χ3v) is 3.10. The van der Waals surface area contributed by atoms with Crippen LogP contribution in [0.25, 0.3) is 0 Å². The Morgan fingerprint density at radius 2 is 1.95 bits per heavy atom. The van der Waals surface area contributed by atoms with Gasteiger partial charge in [0, 0.05) is 17.6 Å². The maximum Gasteiger partial charge on any atom is 0.228 e. The van der Waals surface area contributed by atoms with Gasteiger partial charge in [0.05, 0.1) is 13.0 Å². The predicted molar refractivity (Wildman–Crippen MR) is 78.4 cm³/mol. The number of aliphatic hydroxyl groups excluding tert-OH is 1. The van der Waals surface area contributed by atoms with Gasteiger partial charge < -0.3 is 10.4 Å². The van der Waals surface area contributed by atoms with Gasteiger partial charge in [0.15, 0.2) is 0 Å². The highest BCUT2D eigenvalue weighted by molar-refractivity contribution is 5.93. The van der Waals surface area contributed by atoms with Crippen LogP contribution in [0.3, 0.4) is 0 Å². The Labute approximate surface area is 118 Å². The van der Waals surface area contributed by atoms with E-state index < -0.39 is 0 Å². The number of aliphatic hydroxyl groups is 1. The molecule has 2 N–H and O–H groups in total. The molecule has 0 radical (unpaired) electrons. The van der Waals surface area contributed by atoms with Crippen LogP contribution < -0.4 is 5.32 Å². The van der Waals surface area contributed by atoms with Crippen molar-refractivity contribution in [3.63, 3.8) is 0 Å². The topological polar surface area (TPSA) is 62.2 Å². The number of benzene rings is 1. The van der Waals surface area contributed by atoms with Crippen molar-refractivity contribution in [2.45, 2.75) is 26.9 Å². The molecule has 0 saturated heterocycles. The molecule has 4 heteroatoms. The van der Waals surface area contributed by atoms with E-state index in [0.29, 0.717) is 0 Å². The van der Waals surface area contributed by atoms with E-state index in [0.717, 1.165) is 28.1 Å². The zero-order valence-corrected chi connectivity index (χ0v) is 11.7. The van der Waals surface area contributed by atoms with Crippen molar-refractivity contribution in [3.8, 4) is 0 Å². The number of carbonyl (C=O) groups excluding carboxylic acids is 1. The standard InChI is InChI=1S/C16H18N2O2/c1-11-3-5-14(10-19)7-15(11)18-16(20)8-13-6-4-12(2)17-9-13/h3-7,9,19H,8,10H2,1-2H3,(H,18,20). The molecule has 2 rings (SSSR count). The first kappa shape index (κ1) is 14.2. The van der Waals surface area contributed by atoms with E-state index in [1.807, 2.05) is 38.1 Å². The van der Waals surface area contributed by atoms with Gasteiger partial charge in [-0.15, -0.1) is 0 Å². The highest BCUT2D eigenvalue weighted by Crippen LogP contribution is 2.17. The van der Waals surface area contributed by atoms with Crippen LogP contribution in [0.15, 0.2) is 36.5 Å². The average Bonchev–Trinajstić information content (AvgIpc) is 2.44. The van der Waals surface area contributed by atoms with E-state index in [1.54, 1.807) is 12.3 Å². The fraction of sp³-hybridized carbons (Fsp3) is 0.250. The highest BCUT2D eigenvalue weighted by atomic mass is 16.3. The summed E-state index contributed by atoms with van der Waals surface area (Å²) < 4.78 is 0. The van der Waals surface area contributed by atoms with Crippen LogP contribution in [0.5, 0.6) is 0 Å². The third kappa shape index (κ3) is 3.65. The highest BCUT2D eigenvalue weighted by Gasteiger charge is 2.07. The van der Waals surface area contributed by atoms with Gasteiger partial charge in [0.2, 0.25) is 5.91 Å². The molecule has 1 amide bonds. The van der Waals surface area contributed by atoms with Crippen LogP contribution in [-0.4, -0.2) is 16.0 Å². The lowest BCUT2D eigenvalue weighted by Crippen LogP contribution is -2.15. The van der Waals surface area contributed by atoms with Gasteiger partial charge in [-0.2, -0.15) is 0 Å². The summed E-state index contributed by atoms with van der Waals surface area (Å²) in [4.78, 5) is 16.2. The second kappa shape index (κ2) is 6.30. The third-order valence-electron chi connectivity index (χ3n) is 3.10. The lowest BCUT2D eigenvalue weighted by molar-refractivity contribution is -0.115. The molecular weight excluding hydrogens is 252 g/mol. The average molecular weight is 270 g/mol. The summed E-state index contributed by atoms with van der Waals surface area (Å²) in [5.41, 5.74) is 4.30. The molecular formula is C16H18N2O2. The van der Waals surface area contributed by atoms with E-state index >= 15 is 0 Å². The van der Waals surface area contributed by atoms with E-state index in [2.05, 4.69) is 10.3 Å². The van der Waals surface area contributed by atoms with Gasteiger partial charge in [-0.1, -0.05) is 18.2 Å². The van der Waals surface area contributed by atoms with E-state index in [1.165, 1.54) is 0 Å². The Bertz CT molecular complexity index is 606. The molecule has 1 aromatic carbocycles. The Balaban J connectivity index is 2.06. The molecule has 0 atom stereocenters. The van der Waals surface area contributed by atoms with Gasteiger partial charge in [0.25, 0.3) is 0 Å². The molecule has 0 unspecified atom stereocenters. The van der Waals surface area contributed by atoms with E-state index in [4.69, 9.17) is 5.11 Å². The van der Waals surface area contributed by atoms with Crippen LogP contribution in [0, 0.1) is 13.8 Å². The molecule has 4 nitrogen and oxygen atoms in total. The zero-order chi connectivity index (χ0) is 14.5. The molecule has 0 saturated carbocycles. The smallest absolute Gasteiger partial charge is 0.228 e. The molecule has 0 aliphatic heterocycles. The summed E-state index contributed by atoms with van der Waals surface area (Å²) in [5.74, 6) is -0.0890. The first-order valence-corrected chi connectivity index (χ1v) is 6.50. The van der Waals surface area contributed by atoms with Crippen molar-refractivity contribution >= 4 is 11.6 Å². The molecule has 0 aliphatic rings. The van der Waals surface area contributed by atoms with Crippen LogP contribution in [0.4, 0.5) is 5.69 Å². The van der Waals surface area contributed by atoms with Gasteiger partial charge in [-0.05, 0) is 42.7 Å². The Kier molecular flexibility index (Phi) is 4.48. The monoisotopic (exact) mass is 270 g/mol. The van der Waals surface area contributed by atoms with Crippen molar-refractivity contribution in [2.24, 2.45) is 0 Å². The number of carbonyl (C=O) groups is 1. The Hall–Kier alpha value is -2.20. The second-order valence-corrected chi connectivity index (χ2v) is 4.84. The lowest BCUT2D eigenvalue weighted by atomic mass is 10.1. The molecule has 1 heterocycles. The maximum atomic E-state index is 12.0. The van der Waals surface area contributed by atoms with Crippen molar-refractivity contribution < 1.29 is 9.90 Å². The van der Waals surface area contributed by atoms with Crippen LogP contribution in [0.2, 0.25) is 0 Å². The SMILES string of the molecule is Cc1ccc(CC(=O)Nc2cc(CO)ccc2C)cn1. The summed E-state index contributed by atoms with van der Waals surface area (Å²) >= 11 is 0. The van der Waals surface area contributed by atoms with Gasteiger partial charge >= 0.3 is 0 Å². The number of amides is 1. The minimum absolute atomic E-state index is 0.0367. The summed E-state index contributed by atoms with van der Waals surface area (Å²) in [6.07, 6.45) is 2.00. The molecule has 2 aromatic rings. The van der Waals surface area contributed by atoms with Crippen molar-refractivity contribution in [2.75, 3.05) is 5.32 Å². The van der Waals surface area contributed by atoms with Gasteiger partial charge in [-0.25, -0.2) is 0 Å². The van der Waals surface area contributed by atoms with Gasteiger partial charge in [-0.3, -0.25) is 9.78 Å². The number of pyridine rings is 1. The number of rotatable bonds is 4. The van der Waals surface area contributed by atoms with Crippen LogP contribution >= 0.6 is 0 Å². The van der Waals surface area contributed by atoms with Crippen LogP contribution in [-0.2, 0) is 17.8 Å². The van der Waals surface area contributed by atoms with Gasteiger partial charge in [0.1, 0.15) is 0 Å². The molecule has 0 fully saturated rings. The second-order valence-electron chi connectivity index (χ2n) is 4.84. The first-order chi connectivity index (χ1) is 9.58. The number of aryl methyl sites for hydroxylation is 2. The fourth-order valence-electron chi connectivity index (χ4n) is 1.88. The molecule has 0 aliphatic carbocycles. The molecule has 0 spiro atoms. The summed E-state index contributed by atoms with van der Waals surface area (Å²) in [7, 11) is 0. The largest absolute Gasteiger partial charge is 0.392 e. The quantitative estimate of drug-likeness (QED) is 0.896.